The van der Waals surface area contributed by atoms with Gasteiger partial charge >= 0.3 is 0 Å². The molecule has 0 aliphatic rings. The highest BCUT2D eigenvalue weighted by molar-refractivity contribution is 5.55. The van der Waals surface area contributed by atoms with E-state index in [0.717, 1.165) is 13.1 Å². The first kappa shape index (κ1) is 15.0. The van der Waals surface area contributed by atoms with Crippen LogP contribution in [0.5, 0.6) is 0 Å². The molecule has 0 amide bonds. The fourth-order valence-corrected chi connectivity index (χ4v) is 2.18. The third-order valence-corrected chi connectivity index (χ3v) is 3.11. The minimum absolute atomic E-state index is 0.191. The van der Waals surface area contributed by atoms with Crippen LogP contribution < -0.4 is 10.2 Å². The van der Waals surface area contributed by atoms with Gasteiger partial charge in [-0.2, -0.15) is 0 Å². The fraction of sp³-hybridized carbons (Fsp3) is 0.600. The molecule has 102 valence electrons. The summed E-state index contributed by atoms with van der Waals surface area (Å²) < 4.78 is 0. The fourth-order valence-electron chi connectivity index (χ4n) is 2.18. The Morgan fingerprint density at radius 2 is 2.06 bits per heavy atom. The molecule has 0 aromatic heterocycles. The van der Waals surface area contributed by atoms with Crippen molar-refractivity contribution in [1.82, 2.24) is 5.32 Å². The van der Waals surface area contributed by atoms with Gasteiger partial charge in [0.1, 0.15) is 0 Å². The van der Waals surface area contributed by atoms with Crippen molar-refractivity contribution < 1.29 is 5.11 Å². The summed E-state index contributed by atoms with van der Waals surface area (Å²) in [4.78, 5) is 2.24. The Balaban J connectivity index is 2.88. The second-order valence-electron chi connectivity index (χ2n) is 4.91. The smallest absolute Gasteiger partial charge is 0.0606 e. The molecule has 0 unspecified atom stereocenters. The molecule has 1 aromatic carbocycles. The molecule has 3 nitrogen and oxygen atoms in total. The minimum atomic E-state index is 0.191. The van der Waals surface area contributed by atoms with E-state index in [2.05, 4.69) is 56.1 Å². The Morgan fingerprint density at radius 3 is 2.56 bits per heavy atom. The predicted molar refractivity (Wildman–Crippen MR) is 78.1 cm³/mol. The maximum atomic E-state index is 9.16. The summed E-state index contributed by atoms with van der Waals surface area (Å²) >= 11 is 0. The summed E-state index contributed by atoms with van der Waals surface area (Å²) in [5, 5.41) is 12.5. The number of rotatable bonds is 7. The summed E-state index contributed by atoms with van der Waals surface area (Å²) in [7, 11) is 0. The van der Waals surface area contributed by atoms with Crippen molar-refractivity contribution in [3.8, 4) is 0 Å². The summed E-state index contributed by atoms with van der Waals surface area (Å²) in [6.45, 7) is 11.3. The van der Waals surface area contributed by atoms with E-state index in [-0.39, 0.29) is 6.61 Å². The number of nitrogens with one attached hydrogen (secondary N) is 1. The van der Waals surface area contributed by atoms with E-state index in [9.17, 15) is 0 Å². The predicted octanol–water partition coefficient (Wildman–Crippen LogP) is 2.31. The molecular weight excluding hydrogens is 224 g/mol. The van der Waals surface area contributed by atoms with Crippen LogP contribution >= 0.6 is 0 Å². The van der Waals surface area contributed by atoms with Crippen molar-refractivity contribution in [3.63, 3.8) is 0 Å². The molecular formula is C15H26N2O. The van der Waals surface area contributed by atoms with Crippen LogP contribution in [0.1, 0.15) is 31.9 Å². The lowest BCUT2D eigenvalue weighted by Gasteiger charge is -2.30. The standard InChI is InChI=1S/C15H26N2O/c1-5-16-11-14-6-7-15(13(4)10-14)17(8-9-18)12(2)3/h6-7,10,12,16,18H,5,8-9,11H2,1-4H3. The van der Waals surface area contributed by atoms with Gasteiger partial charge in [-0.25, -0.2) is 0 Å². The molecule has 18 heavy (non-hydrogen) atoms. The van der Waals surface area contributed by atoms with Gasteiger partial charge in [0.15, 0.2) is 0 Å². The number of nitrogens with zero attached hydrogens (tertiary/aromatic N) is 1. The molecule has 1 aromatic rings. The van der Waals surface area contributed by atoms with E-state index in [4.69, 9.17) is 5.11 Å². The van der Waals surface area contributed by atoms with Gasteiger partial charge in [-0.15, -0.1) is 0 Å². The van der Waals surface area contributed by atoms with Crippen molar-refractivity contribution in [2.24, 2.45) is 0 Å². The van der Waals surface area contributed by atoms with Gasteiger partial charge in [0, 0.05) is 24.8 Å². The second-order valence-corrected chi connectivity index (χ2v) is 4.91. The Hall–Kier alpha value is -1.06. The Morgan fingerprint density at radius 1 is 1.33 bits per heavy atom. The molecule has 3 heteroatoms. The zero-order valence-corrected chi connectivity index (χ0v) is 12.0. The number of hydrogen-bond donors (Lipinski definition) is 2. The summed E-state index contributed by atoms with van der Waals surface area (Å²) in [6, 6.07) is 6.95. The second kappa shape index (κ2) is 7.39. The van der Waals surface area contributed by atoms with Gasteiger partial charge in [-0.1, -0.05) is 19.1 Å². The van der Waals surface area contributed by atoms with E-state index in [0.29, 0.717) is 12.6 Å². The SMILES string of the molecule is CCNCc1ccc(N(CCO)C(C)C)c(C)c1. The highest BCUT2D eigenvalue weighted by Crippen LogP contribution is 2.23. The molecule has 0 radical (unpaired) electrons. The zero-order chi connectivity index (χ0) is 13.5. The van der Waals surface area contributed by atoms with E-state index in [1.807, 2.05) is 0 Å². The quantitative estimate of drug-likeness (QED) is 0.779. The van der Waals surface area contributed by atoms with Crippen LogP contribution in [-0.4, -0.2) is 30.8 Å². The van der Waals surface area contributed by atoms with Gasteiger partial charge in [0.25, 0.3) is 0 Å². The highest BCUT2D eigenvalue weighted by atomic mass is 16.3. The van der Waals surface area contributed by atoms with Gasteiger partial charge in [0.05, 0.1) is 6.61 Å². The largest absolute Gasteiger partial charge is 0.395 e. The lowest BCUT2D eigenvalue weighted by molar-refractivity contribution is 0.299. The molecule has 0 atom stereocenters. The van der Waals surface area contributed by atoms with Crippen molar-refractivity contribution in [2.75, 3.05) is 24.6 Å². The Labute approximate surface area is 111 Å². The lowest BCUT2D eigenvalue weighted by Crippen LogP contribution is -2.34. The van der Waals surface area contributed by atoms with E-state index in [1.54, 1.807) is 0 Å². The number of hydrogen-bond acceptors (Lipinski definition) is 3. The molecule has 0 aliphatic heterocycles. The first-order valence-electron chi connectivity index (χ1n) is 6.77. The molecule has 2 N–H and O–H groups in total. The third-order valence-electron chi connectivity index (χ3n) is 3.11. The van der Waals surface area contributed by atoms with E-state index < -0.39 is 0 Å². The number of benzene rings is 1. The molecule has 0 saturated carbocycles. The van der Waals surface area contributed by atoms with Gasteiger partial charge in [-0.3, -0.25) is 0 Å². The normalized spacial score (nSPS) is 11.0. The van der Waals surface area contributed by atoms with Crippen LogP contribution in [-0.2, 0) is 6.54 Å². The molecule has 1 rings (SSSR count). The summed E-state index contributed by atoms with van der Waals surface area (Å²) in [5.74, 6) is 0. The molecule has 0 saturated heterocycles. The van der Waals surface area contributed by atoms with Crippen LogP contribution in [0.4, 0.5) is 5.69 Å². The van der Waals surface area contributed by atoms with Gasteiger partial charge < -0.3 is 15.3 Å². The van der Waals surface area contributed by atoms with Crippen molar-refractivity contribution in [2.45, 2.75) is 40.3 Å². The van der Waals surface area contributed by atoms with Crippen LogP contribution in [0.3, 0.4) is 0 Å². The van der Waals surface area contributed by atoms with Crippen molar-refractivity contribution in [3.05, 3.63) is 29.3 Å². The molecule has 0 bridgehead atoms. The topological polar surface area (TPSA) is 35.5 Å². The van der Waals surface area contributed by atoms with Crippen molar-refractivity contribution >= 4 is 5.69 Å². The maximum Gasteiger partial charge on any atom is 0.0606 e. The molecule has 0 fully saturated rings. The Kier molecular flexibility index (Phi) is 6.16. The first-order chi connectivity index (χ1) is 8.60. The number of aryl methyl sites for hydroxylation is 1. The minimum Gasteiger partial charge on any atom is -0.395 e. The molecule has 0 spiro atoms. The first-order valence-corrected chi connectivity index (χ1v) is 6.77. The van der Waals surface area contributed by atoms with Crippen LogP contribution in [0.15, 0.2) is 18.2 Å². The average molecular weight is 250 g/mol. The van der Waals surface area contributed by atoms with Crippen LogP contribution in [0.2, 0.25) is 0 Å². The lowest BCUT2D eigenvalue weighted by atomic mass is 10.1. The Bertz CT molecular complexity index is 364. The highest BCUT2D eigenvalue weighted by Gasteiger charge is 2.12. The average Bonchev–Trinajstić information content (AvgIpc) is 2.34. The van der Waals surface area contributed by atoms with Gasteiger partial charge in [0.2, 0.25) is 0 Å². The number of aliphatic hydroxyl groups excluding tert-OH is 1. The molecule has 0 heterocycles. The van der Waals surface area contributed by atoms with Gasteiger partial charge in [-0.05, 0) is 44.5 Å². The van der Waals surface area contributed by atoms with Crippen LogP contribution in [0, 0.1) is 6.92 Å². The summed E-state index contributed by atoms with van der Waals surface area (Å²) in [5.41, 5.74) is 3.80. The monoisotopic (exact) mass is 250 g/mol. The van der Waals surface area contributed by atoms with E-state index in [1.165, 1.54) is 16.8 Å². The van der Waals surface area contributed by atoms with E-state index >= 15 is 0 Å². The molecule has 0 aliphatic carbocycles. The summed E-state index contributed by atoms with van der Waals surface area (Å²) in [6.07, 6.45) is 0. The third kappa shape index (κ3) is 4.00. The maximum absolute atomic E-state index is 9.16. The zero-order valence-electron chi connectivity index (χ0n) is 12.0. The van der Waals surface area contributed by atoms with Crippen molar-refractivity contribution in [1.29, 1.82) is 0 Å². The number of aliphatic hydroxyl groups is 1. The number of anilines is 1. The van der Waals surface area contributed by atoms with Crippen LogP contribution in [0.25, 0.3) is 0 Å².